The Morgan fingerprint density at radius 3 is 2.58 bits per heavy atom. The van der Waals surface area contributed by atoms with Crippen LogP contribution in [0.4, 0.5) is 5.69 Å². The molecular weight excluding hydrogens is 396 g/mol. The third kappa shape index (κ3) is 5.33. The van der Waals surface area contributed by atoms with Crippen LogP contribution in [0.1, 0.15) is 28.4 Å². The average Bonchev–Trinajstić information content (AvgIpc) is 2.65. The Morgan fingerprint density at radius 1 is 1.27 bits per heavy atom. The zero-order valence-corrected chi connectivity index (χ0v) is 17.0. The van der Waals surface area contributed by atoms with Gasteiger partial charge in [-0.2, -0.15) is 0 Å². The molecule has 2 aromatic rings. The highest BCUT2D eigenvalue weighted by atomic mass is 79.9. The first kappa shape index (κ1) is 20.0. The molecule has 0 unspecified atom stereocenters. The number of esters is 1. The van der Waals surface area contributed by atoms with Gasteiger partial charge in [-0.1, -0.05) is 29.8 Å². The normalized spacial score (nSPS) is 10.8. The third-order valence-corrected chi connectivity index (χ3v) is 4.51. The van der Waals surface area contributed by atoms with Gasteiger partial charge in [0.2, 0.25) is 0 Å². The minimum absolute atomic E-state index is 0.209. The van der Waals surface area contributed by atoms with Crippen molar-refractivity contribution in [1.29, 1.82) is 0 Å². The standard InChI is InChI=1S/C20H23BrN2O3/c1-5-23(3)13-22-18-11-19(25-4)16(10-17(18)21)20(24)26-12-15-8-6-14(2)7-9-15/h6-11,13H,5,12H2,1-4H3/b22-13+. The van der Waals surface area contributed by atoms with E-state index in [0.29, 0.717) is 21.5 Å². The van der Waals surface area contributed by atoms with Gasteiger partial charge in [0.1, 0.15) is 17.9 Å². The van der Waals surface area contributed by atoms with E-state index in [9.17, 15) is 4.79 Å². The van der Waals surface area contributed by atoms with Crippen LogP contribution in [-0.2, 0) is 11.3 Å². The summed E-state index contributed by atoms with van der Waals surface area (Å²) < 4.78 is 11.5. The number of hydrogen-bond donors (Lipinski definition) is 0. The molecule has 5 nitrogen and oxygen atoms in total. The zero-order chi connectivity index (χ0) is 19.1. The van der Waals surface area contributed by atoms with Crippen LogP contribution in [0.2, 0.25) is 0 Å². The molecule has 0 radical (unpaired) electrons. The molecule has 0 heterocycles. The highest BCUT2D eigenvalue weighted by Gasteiger charge is 2.17. The predicted octanol–water partition coefficient (Wildman–Crippen LogP) is 4.73. The van der Waals surface area contributed by atoms with Crippen LogP contribution < -0.4 is 4.74 Å². The number of aliphatic imine (C=N–C) groups is 1. The van der Waals surface area contributed by atoms with Crippen molar-refractivity contribution in [2.24, 2.45) is 4.99 Å². The van der Waals surface area contributed by atoms with E-state index in [1.54, 1.807) is 18.5 Å². The maximum absolute atomic E-state index is 12.5. The fourth-order valence-electron chi connectivity index (χ4n) is 2.12. The van der Waals surface area contributed by atoms with E-state index in [-0.39, 0.29) is 6.61 Å². The Bertz CT molecular complexity index is 788. The molecule has 0 bridgehead atoms. The van der Waals surface area contributed by atoms with Crippen LogP contribution in [0.25, 0.3) is 0 Å². The van der Waals surface area contributed by atoms with Crippen molar-refractivity contribution >= 4 is 33.9 Å². The summed E-state index contributed by atoms with van der Waals surface area (Å²) in [6.45, 7) is 5.11. The van der Waals surface area contributed by atoms with Crippen molar-refractivity contribution in [2.45, 2.75) is 20.5 Å². The number of aryl methyl sites for hydroxylation is 1. The van der Waals surface area contributed by atoms with E-state index in [1.807, 2.05) is 50.1 Å². The lowest BCUT2D eigenvalue weighted by atomic mass is 10.1. The second kappa shape index (κ2) is 9.38. The smallest absolute Gasteiger partial charge is 0.342 e. The molecule has 6 heteroatoms. The maximum Gasteiger partial charge on any atom is 0.342 e. The first-order valence-electron chi connectivity index (χ1n) is 8.29. The number of halogens is 1. The highest BCUT2D eigenvalue weighted by molar-refractivity contribution is 9.10. The second-order valence-corrected chi connectivity index (χ2v) is 6.74. The lowest BCUT2D eigenvalue weighted by molar-refractivity contribution is 0.0469. The fraction of sp³-hybridized carbons (Fsp3) is 0.300. The molecule has 0 fully saturated rings. The van der Waals surface area contributed by atoms with Crippen molar-refractivity contribution in [3.8, 4) is 5.75 Å². The lowest BCUT2D eigenvalue weighted by Gasteiger charge is -2.12. The summed E-state index contributed by atoms with van der Waals surface area (Å²) in [5.41, 5.74) is 3.13. The first-order valence-corrected chi connectivity index (χ1v) is 9.08. The summed E-state index contributed by atoms with van der Waals surface area (Å²) in [4.78, 5) is 18.8. The molecule has 26 heavy (non-hydrogen) atoms. The van der Waals surface area contributed by atoms with Crippen LogP contribution in [-0.4, -0.2) is 37.9 Å². The molecule has 0 aromatic heterocycles. The van der Waals surface area contributed by atoms with Gasteiger partial charge in [0, 0.05) is 24.1 Å². The van der Waals surface area contributed by atoms with E-state index in [4.69, 9.17) is 9.47 Å². The molecule has 2 rings (SSSR count). The molecule has 0 aliphatic heterocycles. The summed E-state index contributed by atoms with van der Waals surface area (Å²) in [6, 6.07) is 11.2. The molecule has 0 amide bonds. The SMILES string of the molecule is CCN(C)/C=N/c1cc(OC)c(C(=O)OCc2ccc(C)cc2)cc1Br. The Hall–Kier alpha value is -2.34. The van der Waals surface area contributed by atoms with Crippen molar-refractivity contribution < 1.29 is 14.3 Å². The number of ether oxygens (including phenoxy) is 2. The Labute approximate surface area is 162 Å². The fourth-order valence-corrected chi connectivity index (χ4v) is 2.57. The monoisotopic (exact) mass is 418 g/mol. The quantitative estimate of drug-likeness (QED) is 0.370. The van der Waals surface area contributed by atoms with E-state index < -0.39 is 5.97 Å². The first-order chi connectivity index (χ1) is 12.4. The number of methoxy groups -OCH3 is 1. The summed E-state index contributed by atoms with van der Waals surface area (Å²) in [5, 5.41) is 0. The molecule has 0 saturated heterocycles. The van der Waals surface area contributed by atoms with Crippen LogP contribution in [0.5, 0.6) is 5.75 Å². The van der Waals surface area contributed by atoms with Gasteiger partial charge >= 0.3 is 5.97 Å². The molecule has 0 N–H and O–H groups in total. The number of nitrogens with zero attached hydrogens (tertiary/aromatic N) is 2. The van der Waals surface area contributed by atoms with Crippen LogP contribution in [0, 0.1) is 6.92 Å². The average molecular weight is 419 g/mol. The number of carbonyl (C=O) groups excluding carboxylic acids is 1. The molecule has 0 saturated carbocycles. The summed E-state index contributed by atoms with van der Waals surface area (Å²) in [5.74, 6) is -0.0160. The van der Waals surface area contributed by atoms with E-state index in [0.717, 1.165) is 17.7 Å². The third-order valence-electron chi connectivity index (χ3n) is 3.87. The number of rotatable bonds is 7. The largest absolute Gasteiger partial charge is 0.496 e. The van der Waals surface area contributed by atoms with Gasteiger partial charge in [-0.15, -0.1) is 0 Å². The summed E-state index contributed by atoms with van der Waals surface area (Å²) >= 11 is 3.46. The van der Waals surface area contributed by atoms with Gasteiger partial charge in [-0.3, -0.25) is 0 Å². The molecule has 2 aromatic carbocycles. The maximum atomic E-state index is 12.5. The van der Waals surface area contributed by atoms with E-state index >= 15 is 0 Å². The summed E-state index contributed by atoms with van der Waals surface area (Å²) in [6.07, 6.45) is 1.73. The van der Waals surface area contributed by atoms with Crippen LogP contribution in [0.15, 0.2) is 45.9 Å². The lowest BCUT2D eigenvalue weighted by Crippen LogP contribution is -2.14. The zero-order valence-electron chi connectivity index (χ0n) is 15.5. The molecule has 0 aliphatic rings. The van der Waals surface area contributed by atoms with Gasteiger partial charge in [0.05, 0.1) is 19.1 Å². The minimum atomic E-state index is -0.440. The van der Waals surface area contributed by atoms with E-state index in [2.05, 4.69) is 20.9 Å². The van der Waals surface area contributed by atoms with Crippen molar-refractivity contribution in [3.05, 3.63) is 57.6 Å². The number of benzene rings is 2. The Kier molecular flexibility index (Phi) is 7.21. The summed E-state index contributed by atoms with van der Waals surface area (Å²) in [7, 11) is 3.46. The molecule has 0 spiro atoms. The predicted molar refractivity (Wildman–Crippen MR) is 107 cm³/mol. The topological polar surface area (TPSA) is 51.1 Å². The van der Waals surface area contributed by atoms with Gasteiger partial charge in [-0.05, 0) is 41.4 Å². The van der Waals surface area contributed by atoms with Crippen molar-refractivity contribution in [1.82, 2.24) is 4.90 Å². The van der Waals surface area contributed by atoms with E-state index in [1.165, 1.54) is 7.11 Å². The number of carbonyl (C=O) groups is 1. The van der Waals surface area contributed by atoms with Gasteiger partial charge in [0.25, 0.3) is 0 Å². The second-order valence-electron chi connectivity index (χ2n) is 5.88. The molecule has 0 aliphatic carbocycles. The Morgan fingerprint density at radius 2 is 1.96 bits per heavy atom. The number of hydrogen-bond acceptors (Lipinski definition) is 4. The van der Waals surface area contributed by atoms with Crippen LogP contribution in [0.3, 0.4) is 0 Å². The van der Waals surface area contributed by atoms with Crippen LogP contribution >= 0.6 is 15.9 Å². The van der Waals surface area contributed by atoms with Crippen molar-refractivity contribution in [3.63, 3.8) is 0 Å². The van der Waals surface area contributed by atoms with Crippen molar-refractivity contribution in [2.75, 3.05) is 20.7 Å². The highest BCUT2D eigenvalue weighted by Crippen LogP contribution is 2.33. The molecular formula is C20H23BrN2O3. The molecule has 0 atom stereocenters. The van der Waals surface area contributed by atoms with Gasteiger partial charge < -0.3 is 14.4 Å². The molecule has 138 valence electrons. The minimum Gasteiger partial charge on any atom is -0.496 e. The van der Waals surface area contributed by atoms with Gasteiger partial charge in [-0.25, -0.2) is 9.79 Å². The Balaban J connectivity index is 2.17. The van der Waals surface area contributed by atoms with Gasteiger partial charge in [0.15, 0.2) is 0 Å².